The molecule has 1 aliphatic carbocycles. The summed E-state index contributed by atoms with van der Waals surface area (Å²) in [7, 11) is 0. The molecule has 0 radical (unpaired) electrons. The molecule has 0 aliphatic heterocycles. The molecule has 112 valence electrons. The summed E-state index contributed by atoms with van der Waals surface area (Å²) in [6.07, 6.45) is 5.50. The highest BCUT2D eigenvalue weighted by Gasteiger charge is 2.29. The zero-order chi connectivity index (χ0) is 14.8. The molecule has 0 atom stereocenters. The highest BCUT2D eigenvalue weighted by molar-refractivity contribution is 9.11. The van der Waals surface area contributed by atoms with Crippen LogP contribution in [0, 0.1) is 17.3 Å². The molecule has 20 heavy (non-hydrogen) atoms. The second kappa shape index (κ2) is 6.83. The fraction of sp³-hybridized carbons (Fsp3) is 0.647. The molecule has 1 saturated carbocycles. The van der Waals surface area contributed by atoms with Crippen LogP contribution in [0.5, 0.6) is 0 Å². The Bertz CT molecular complexity index is 443. The number of hydrogen-bond acceptors (Lipinski definition) is 1. The molecule has 2 rings (SSSR count). The summed E-state index contributed by atoms with van der Waals surface area (Å²) in [4.78, 5) is 0. The molecule has 0 unspecified atom stereocenters. The SMILES string of the molecule is CC(C)(C)C1CCC(CNc2ccc(Br)cc2Br)CC1. The highest BCUT2D eigenvalue weighted by atomic mass is 79.9. The van der Waals surface area contributed by atoms with Gasteiger partial charge in [-0.3, -0.25) is 0 Å². The van der Waals surface area contributed by atoms with Crippen molar-refractivity contribution in [3.63, 3.8) is 0 Å². The fourth-order valence-corrected chi connectivity index (χ4v) is 4.31. The normalized spacial score (nSPS) is 23.6. The van der Waals surface area contributed by atoms with Gasteiger partial charge in [0.15, 0.2) is 0 Å². The zero-order valence-electron chi connectivity index (χ0n) is 12.7. The van der Waals surface area contributed by atoms with Gasteiger partial charge in [-0.25, -0.2) is 0 Å². The second-order valence-corrected chi connectivity index (χ2v) is 8.86. The molecule has 1 aromatic rings. The Kier molecular flexibility index (Phi) is 5.58. The average Bonchev–Trinajstić information content (AvgIpc) is 2.37. The van der Waals surface area contributed by atoms with Gasteiger partial charge in [0.05, 0.1) is 0 Å². The molecule has 0 saturated heterocycles. The van der Waals surface area contributed by atoms with Crippen molar-refractivity contribution in [1.82, 2.24) is 0 Å². The summed E-state index contributed by atoms with van der Waals surface area (Å²) in [6.45, 7) is 8.25. The molecule has 0 aromatic heterocycles. The summed E-state index contributed by atoms with van der Waals surface area (Å²) in [6, 6.07) is 6.32. The van der Waals surface area contributed by atoms with E-state index in [4.69, 9.17) is 0 Å². The maximum atomic E-state index is 3.62. The first-order valence-electron chi connectivity index (χ1n) is 7.55. The number of nitrogens with one attached hydrogen (secondary N) is 1. The third-order valence-electron chi connectivity index (χ3n) is 4.58. The van der Waals surface area contributed by atoms with Crippen molar-refractivity contribution in [2.45, 2.75) is 46.5 Å². The predicted molar refractivity (Wildman–Crippen MR) is 95.2 cm³/mol. The van der Waals surface area contributed by atoms with E-state index in [-0.39, 0.29) is 0 Å². The largest absolute Gasteiger partial charge is 0.384 e. The molecule has 0 spiro atoms. The molecular formula is C17H25Br2N. The van der Waals surface area contributed by atoms with Gasteiger partial charge in [-0.2, -0.15) is 0 Å². The highest BCUT2D eigenvalue weighted by Crippen LogP contribution is 2.40. The number of benzene rings is 1. The van der Waals surface area contributed by atoms with Crippen LogP contribution < -0.4 is 5.32 Å². The Morgan fingerprint density at radius 1 is 1.10 bits per heavy atom. The average molecular weight is 403 g/mol. The van der Waals surface area contributed by atoms with E-state index < -0.39 is 0 Å². The molecule has 1 aromatic carbocycles. The molecule has 1 nitrogen and oxygen atoms in total. The molecule has 1 fully saturated rings. The summed E-state index contributed by atoms with van der Waals surface area (Å²) in [5.74, 6) is 1.72. The first-order valence-corrected chi connectivity index (χ1v) is 9.14. The first kappa shape index (κ1) is 16.4. The van der Waals surface area contributed by atoms with Crippen LogP contribution in [0.3, 0.4) is 0 Å². The third-order valence-corrected chi connectivity index (χ3v) is 5.73. The van der Waals surface area contributed by atoms with Crippen molar-refractivity contribution in [3.05, 3.63) is 27.1 Å². The Balaban J connectivity index is 1.82. The van der Waals surface area contributed by atoms with Crippen LogP contribution in [-0.4, -0.2) is 6.54 Å². The Morgan fingerprint density at radius 2 is 1.75 bits per heavy atom. The fourth-order valence-electron chi connectivity index (χ4n) is 3.12. The van der Waals surface area contributed by atoms with Crippen LogP contribution in [-0.2, 0) is 0 Å². The van der Waals surface area contributed by atoms with Crippen molar-refractivity contribution in [2.24, 2.45) is 17.3 Å². The van der Waals surface area contributed by atoms with Crippen LogP contribution in [0.2, 0.25) is 0 Å². The molecular weight excluding hydrogens is 378 g/mol. The van der Waals surface area contributed by atoms with Crippen molar-refractivity contribution in [1.29, 1.82) is 0 Å². The lowest BCUT2D eigenvalue weighted by atomic mass is 9.70. The zero-order valence-corrected chi connectivity index (χ0v) is 15.9. The van der Waals surface area contributed by atoms with Crippen molar-refractivity contribution >= 4 is 37.5 Å². The summed E-state index contributed by atoms with van der Waals surface area (Å²) in [5.41, 5.74) is 1.68. The Hall–Kier alpha value is -0.0200. The van der Waals surface area contributed by atoms with E-state index in [0.29, 0.717) is 5.41 Å². The van der Waals surface area contributed by atoms with Crippen LogP contribution in [0.15, 0.2) is 27.1 Å². The quantitative estimate of drug-likeness (QED) is 0.610. The molecule has 0 amide bonds. The number of anilines is 1. The van der Waals surface area contributed by atoms with E-state index >= 15 is 0 Å². The first-order chi connectivity index (χ1) is 9.36. The predicted octanol–water partition coefficient (Wildman–Crippen LogP) is 6.48. The molecule has 0 heterocycles. The smallest absolute Gasteiger partial charge is 0.0485 e. The third kappa shape index (κ3) is 4.49. The standard InChI is InChI=1S/C17H25Br2N/c1-17(2,3)13-6-4-12(5-7-13)11-20-16-9-8-14(18)10-15(16)19/h8-10,12-13,20H,4-7,11H2,1-3H3. The van der Waals surface area contributed by atoms with Gasteiger partial charge < -0.3 is 5.32 Å². The van der Waals surface area contributed by atoms with Gasteiger partial charge >= 0.3 is 0 Å². The molecule has 1 N–H and O–H groups in total. The van der Waals surface area contributed by atoms with Gasteiger partial charge in [0, 0.05) is 21.2 Å². The van der Waals surface area contributed by atoms with Crippen LogP contribution in [0.1, 0.15) is 46.5 Å². The van der Waals surface area contributed by atoms with Gasteiger partial charge in [-0.15, -0.1) is 0 Å². The number of rotatable bonds is 3. The minimum Gasteiger partial charge on any atom is -0.384 e. The molecule has 1 aliphatic rings. The summed E-state index contributed by atoms with van der Waals surface area (Å²) in [5, 5.41) is 3.60. The molecule has 3 heteroatoms. The maximum absolute atomic E-state index is 3.62. The minimum atomic E-state index is 0.479. The lowest BCUT2D eigenvalue weighted by Gasteiger charge is -2.37. The second-order valence-electron chi connectivity index (χ2n) is 7.09. The van der Waals surface area contributed by atoms with Gasteiger partial charge in [0.1, 0.15) is 0 Å². The van der Waals surface area contributed by atoms with Crippen LogP contribution in [0.25, 0.3) is 0 Å². The minimum absolute atomic E-state index is 0.479. The monoisotopic (exact) mass is 401 g/mol. The van der Waals surface area contributed by atoms with E-state index in [1.165, 1.54) is 31.4 Å². The van der Waals surface area contributed by atoms with Gasteiger partial charge in [0.25, 0.3) is 0 Å². The van der Waals surface area contributed by atoms with Gasteiger partial charge in [0.2, 0.25) is 0 Å². The van der Waals surface area contributed by atoms with E-state index in [1.54, 1.807) is 0 Å². The van der Waals surface area contributed by atoms with Gasteiger partial charge in [-0.1, -0.05) is 36.7 Å². The van der Waals surface area contributed by atoms with Crippen LogP contribution >= 0.6 is 31.9 Å². The van der Waals surface area contributed by atoms with Crippen molar-refractivity contribution < 1.29 is 0 Å². The lowest BCUT2D eigenvalue weighted by molar-refractivity contribution is 0.153. The lowest BCUT2D eigenvalue weighted by Crippen LogP contribution is -2.28. The number of halogens is 2. The van der Waals surface area contributed by atoms with E-state index in [1.807, 2.05) is 0 Å². The van der Waals surface area contributed by atoms with Gasteiger partial charge in [-0.05, 0) is 77.1 Å². The van der Waals surface area contributed by atoms with E-state index in [0.717, 1.165) is 27.3 Å². The number of hydrogen-bond donors (Lipinski definition) is 1. The maximum Gasteiger partial charge on any atom is 0.0485 e. The van der Waals surface area contributed by atoms with Crippen molar-refractivity contribution in [3.8, 4) is 0 Å². The summed E-state index contributed by atoms with van der Waals surface area (Å²) < 4.78 is 2.25. The topological polar surface area (TPSA) is 12.0 Å². The van der Waals surface area contributed by atoms with E-state index in [9.17, 15) is 0 Å². The summed E-state index contributed by atoms with van der Waals surface area (Å²) >= 11 is 7.11. The molecule has 0 bridgehead atoms. The van der Waals surface area contributed by atoms with Crippen molar-refractivity contribution in [2.75, 3.05) is 11.9 Å². The Labute approximate surface area is 140 Å². The Morgan fingerprint density at radius 3 is 2.30 bits per heavy atom. The van der Waals surface area contributed by atoms with Crippen LogP contribution in [0.4, 0.5) is 5.69 Å². The van der Waals surface area contributed by atoms with E-state index in [2.05, 4.69) is 76.1 Å².